The van der Waals surface area contributed by atoms with Crippen molar-refractivity contribution >= 4 is 72.8 Å². The number of carbonyl (C=O) groups is 4. The third-order valence-corrected chi connectivity index (χ3v) is 17.3. The van der Waals surface area contributed by atoms with Crippen LogP contribution in [0.5, 0.6) is 5.75 Å². The Hall–Kier alpha value is -3.16. The number of carbonyl (C=O) groups excluding carboxylic acids is 4. The summed E-state index contributed by atoms with van der Waals surface area (Å²) in [6.07, 6.45) is 0.420. The zero-order valence-corrected chi connectivity index (χ0v) is 42.5. The van der Waals surface area contributed by atoms with Crippen molar-refractivity contribution in [2.75, 3.05) is 46.1 Å². The maximum Gasteiger partial charge on any atom is 0.409 e. The predicted molar refractivity (Wildman–Crippen MR) is 252 cm³/mol. The summed E-state index contributed by atoms with van der Waals surface area (Å²) in [6, 6.07) is 2.92. The van der Waals surface area contributed by atoms with Gasteiger partial charge in [0.2, 0.25) is 11.8 Å². The van der Waals surface area contributed by atoms with Crippen LogP contribution in [-0.2, 0) is 54.6 Å². The van der Waals surface area contributed by atoms with Gasteiger partial charge in [0, 0.05) is 57.6 Å². The number of benzene rings is 1. The van der Waals surface area contributed by atoms with Crippen LogP contribution < -0.4 is 26.2 Å². The molecule has 0 aliphatic carbocycles. The van der Waals surface area contributed by atoms with E-state index in [0.717, 1.165) is 11.1 Å². The quantitative estimate of drug-likeness (QED) is 0.0210. The van der Waals surface area contributed by atoms with E-state index in [-0.39, 0.29) is 48.3 Å². The molecule has 0 radical (unpaired) electrons. The number of likely N-dealkylation sites (N-methyl/N-ethyl adjacent to an activating group) is 1. The number of hydrazine groups is 1. The number of hydrogen-bond donors (Lipinski definition) is 5. The number of aliphatic hydroxyl groups is 1. The van der Waals surface area contributed by atoms with Crippen LogP contribution >= 0.6 is 33.2 Å². The molecule has 23 heteroatoms. The molecule has 372 valence electrons. The van der Waals surface area contributed by atoms with Crippen LogP contribution in [0.3, 0.4) is 0 Å². The smallest absolute Gasteiger partial charge is 0.409 e. The van der Waals surface area contributed by atoms with E-state index in [0.29, 0.717) is 24.3 Å². The number of nitrogens with two attached hydrogens (primary N) is 1. The number of nitrogens with zero attached hydrogens (tertiary/aromatic N) is 2. The minimum absolute atomic E-state index is 0.0562. The van der Waals surface area contributed by atoms with Gasteiger partial charge >= 0.3 is 6.09 Å². The number of epoxide rings is 1. The van der Waals surface area contributed by atoms with E-state index in [1.165, 1.54) is 52.7 Å². The molecule has 0 aromatic heterocycles. The van der Waals surface area contributed by atoms with Crippen LogP contribution in [0.4, 0.5) is 10.5 Å². The standard InChI is InChI=1S/C43H66ClN5O14S3/c1-24-13-12-14-32(59-10)43(54)23-30(61-40(53)46-43)25(2)37-42(6,63-37)33(22-35(51)49(8)28-20-27(19-24)21-29(58-9)36(28)44)62-39(60-11)26(3)48(7)34(50)15-17-41(4,5)65-64-18-16-31(38(52)47-45)66(55,56)57/h12-14,20-21,25-26,30-33,37,39,54H,15-19,22-23,45H2,1-11H3,(H,46,53)(H,47,52)(H,55,56,57)/b14-12+,24-13+. The number of hydrogen-bond acceptors (Lipinski definition) is 16. The number of methoxy groups -OCH3 is 3. The van der Waals surface area contributed by atoms with Gasteiger partial charge in [-0.25, -0.2) is 10.6 Å². The lowest BCUT2D eigenvalue weighted by Gasteiger charge is -2.42. The molecule has 0 saturated carbocycles. The van der Waals surface area contributed by atoms with Crippen molar-refractivity contribution in [1.82, 2.24) is 15.6 Å². The van der Waals surface area contributed by atoms with E-state index < -0.39 is 86.1 Å². The molecule has 4 amide bonds. The summed E-state index contributed by atoms with van der Waals surface area (Å²) in [5.41, 5.74) is 0.876. The highest BCUT2D eigenvalue weighted by Crippen LogP contribution is 2.50. The number of halogens is 1. The maximum atomic E-state index is 14.5. The van der Waals surface area contributed by atoms with E-state index in [1.54, 1.807) is 51.6 Å². The molecule has 2 saturated heterocycles. The molecule has 1 aromatic carbocycles. The lowest BCUT2D eigenvalue weighted by atomic mass is 9.83. The zero-order valence-electron chi connectivity index (χ0n) is 39.3. The molecular formula is C43H66ClN5O14S3. The zero-order chi connectivity index (χ0) is 49.5. The van der Waals surface area contributed by atoms with Crippen LogP contribution in [0, 0.1) is 5.92 Å². The Bertz CT molecular complexity index is 2100. The van der Waals surface area contributed by atoms with Crippen LogP contribution in [0.25, 0.3) is 0 Å². The predicted octanol–water partition coefficient (Wildman–Crippen LogP) is 4.54. The fourth-order valence-corrected chi connectivity index (χ4v) is 11.9. The average molecular weight is 1010 g/mol. The third kappa shape index (κ3) is 13.8. The number of amides is 4. The highest BCUT2D eigenvalue weighted by molar-refractivity contribution is 8.77. The van der Waals surface area contributed by atoms with Crippen molar-refractivity contribution in [2.45, 2.75) is 138 Å². The first-order valence-electron chi connectivity index (χ1n) is 21.4. The highest BCUT2D eigenvalue weighted by atomic mass is 35.5. The minimum Gasteiger partial charge on any atom is -0.495 e. The highest BCUT2D eigenvalue weighted by Gasteiger charge is 2.64. The molecule has 4 rings (SSSR count). The molecule has 3 aliphatic heterocycles. The molecule has 4 bridgehead atoms. The summed E-state index contributed by atoms with van der Waals surface area (Å²) in [4.78, 5) is 56.0. The molecule has 6 N–H and O–H groups in total. The maximum absolute atomic E-state index is 14.5. The second-order valence-corrected chi connectivity index (χ2v) is 22.8. The third-order valence-electron chi connectivity index (χ3n) is 12.4. The molecule has 66 heavy (non-hydrogen) atoms. The number of rotatable bonds is 17. The van der Waals surface area contributed by atoms with Gasteiger partial charge in [0.1, 0.15) is 34.7 Å². The van der Waals surface area contributed by atoms with E-state index in [2.05, 4.69) is 5.32 Å². The summed E-state index contributed by atoms with van der Waals surface area (Å²) < 4.78 is 68.4. The molecule has 19 nitrogen and oxygen atoms in total. The van der Waals surface area contributed by atoms with Crippen LogP contribution in [-0.4, -0.2) is 146 Å². The topological polar surface area (TPSA) is 258 Å². The Labute approximate surface area is 400 Å². The number of anilines is 1. The Morgan fingerprint density at radius 2 is 1.91 bits per heavy atom. The van der Waals surface area contributed by atoms with Crippen molar-refractivity contribution in [3.63, 3.8) is 0 Å². The van der Waals surface area contributed by atoms with Gasteiger partial charge in [-0.15, -0.1) is 0 Å². The Morgan fingerprint density at radius 1 is 1.23 bits per heavy atom. The first-order valence-corrected chi connectivity index (χ1v) is 25.6. The van der Waals surface area contributed by atoms with Gasteiger partial charge in [0.15, 0.2) is 17.3 Å². The lowest BCUT2D eigenvalue weighted by Crippen LogP contribution is -2.63. The molecule has 3 heterocycles. The number of fused-ring (bicyclic) bond motifs is 5. The fraction of sp³-hybridized carbons (Fsp3) is 0.674. The SMILES string of the molecule is COc1cc2cc(c1Cl)N(C)C(=O)CC(OC(OC)C(C)N(C)C(=O)CCC(C)(C)SSCCC(C(=O)NN)S(=O)(=O)O)C1(C)OC1C(C)C1CC(O)(NC(=O)O1)C(OC)/C=C/C=C(\C)C2. The van der Waals surface area contributed by atoms with Gasteiger partial charge in [-0.3, -0.25) is 29.7 Å². The summed E-state index contributed by atoms with van der Waals surface area (Å²) in [5.74, 6) is 3.50. The molecule has 3 aliphatic rings. The summed E-state index contributed by atoms with van der Waals surface area (Å²) >= 11 is 6.85. The summed E-state index contributed by atoms with van der Waals surface area (Å²) in [6.45, 7) is 11.1. The van der Waals surface area contributed by atoms with Crippen LogP contribution in [0.2, 0.25) is 5.02 Å². The Balaban J connectivity index is 1.59. The first kappa shape index (κ1) is 55.4. The van der Waals surface area contributed by atoms with Crippen molar-refractivity contribution in [3.05, 3.63) is 46.5 Å². The fourth-order valence-electron chi connectivity index (χ4n) is 8.06. The molecule has 2 fully saturated rings. The van der Waals surface area contributed by atoms with Gasteiger partial charge in [-0.1, -0.05) is 63.9 Å². The second kappa shape index (κ2) is 23.0. The van der Waals surface area contributed by atoms with Gasteiger partial charge in [-0.2, -0.15) is 8.42 Å². The molecule has 10 unspecified atom stereocenters. The number of alkyl carbamates (subject to hydrolysis) is 1. The largest absolute Gasteiger partial charge is 0.495 e. The number of ether oxygens (including phenoxy) is 6. The summed E-state index contributed by atoms with van der Waals surface area (Å²) in [5, 5.41) is 12.9. The Kier molecular flexibility index (Phi) is 19.3. The Morgan fingerprint density at radius 3 is 2.52 bits per heavy atom. The second-order valence-electron chi connectivity index (χ2n) is 17.7. The number of nitrogens with one attached hydrogen (secondary N) is 2. The van der Waals surface area contributed by atoms with Gasteiger partial charge in [-0.05, 0) is 71.6 Å². The lowest BCUT2D eigenvalue weighted by molar-refractivity contribution is -0.199. The van der Waals surface area contributed by atoms with Gasteiger partial charge < -0.3 is 43.3 Å². The molecule has 1 aromatic rings. The monoisotopic (exact) mass is 1010 g/mol. The summed E-state index contributed by atoms with van der Waals surface area (Å²) in [7, 11) is 5.62. The van der Waals surface area contributed by atoms with Gasteiger partial charge in [0.25, 0.3) is 16.0 Å². The van der Waals surface area contributed by atoms with Crippen LogP contribution in [0.1, 0.15) is 79.2 Å². The van der Waals surface area contributed by atoms with E-state index in [4.69, 9.17) is 45.9 Å². The average Bonchev–Trinajstić information content (AvgIpc) is 3.95. The van der Waals surface area contributed by atoms with E-state index in [9.17, 15) is 37.3 Å². The molecule has 0 spiro atoms. The van der Waals surface area contributed by atoms with Crippen molar-refractivity contribution in [1.29, 1.82) is 0 Å². The number of allylic oxidation sites excluding steroid dienone is 3. The normalized spacial score (nSPS) is 28.9. The van der Waals surface area contributed by atoms with Crippen molar-refractivity contribution in [2.24, 2.45) is 11.8 Å². The van der Waals surface area contributed by atoms with Gasteiger partial charge in [0.05, 0.1) is 31.4 Å². The van der Waals surface area contributed by atoms with E-state index >= 15 is 0 Å². The minimum atomic E-state index is -4.66. The van der Waals surface area contributed by atoms with Crippen molar-refractivity contribution < 1.29 is 65.7 Å². The first-order chi connectivity index (χ1) is 30.7. The molecule has 10 atom stereocenters. The van der Waals surface area contributed by atoms with Crippen LogP contribution in [0.15, 0.2) is 35.9 Å². The van der Waals surface area contributed by atoms with E-state index in [1.807, 2.05) is 39.8 Å². The molecular weight excluding hydrogens is 942 g/mol. The van der Waals surface area contributed by atoms with Crippen molar-refractivity contribution in [3.8, 4) is 5.75 Å².